The zero-order valence-corrected chi connectivity index (χ0v) is 11.1. The number of morpholine rings is 1. The molecule has 1 N–H and O–H groups in total. The quantitative estimate of drug-likeness (QED) is 0.756. The molecule has 98 valence electrons. The SMILES string of the molecule is CCN1C(CC(=O)O)C(=O)OC(C)(C)C1(C)C. The minimum absolute atomic E-state index is 0.216. The number of likely N-dealkylation sites (N-methyl/N-ethyl adjacent to an activating group) is 1. The van der Waals surface area contributed by atoms with E-state index in [0.717, 1.165) is 0 Å². The van der Waals surface area contributed by atoms with Crippen molar-refractivity contribution in [2.24, 2.45) is 0 Å². The average Bonchev–Trinajstić information content (AvgIpc) is 2.13. The Morgan fingerprint density at radius 2 is 1.94 bits per heavy atom. The Bertz CT molecular complexity index is 335. The smallest absolute Gasteiger partial charge is 0.324 e. The zero-order chi connectivity index (χ0) is 13.4. The predicted molar refractivity (Wildman–Crippen MR) is 62.7 cm³/mol. The first-order valence-electron chi connectivity index (χ1n) is 5.85. The molecule has 1 aliphatic heterocycles. The summed E-state index contributed by atoms with van der Waals surface area (Å²) in [5.74, 6) is -1.43. The number of hydrogen-bond acceptors (Lipinski definition) is 4. The van der Waals surface area contributed by atoms with Crippen LogP contribution in [0, 0.1) is 0 Å². The van der Waals surface area contributed by atoms with E-state index in [-0.39, 0.29) is 6.42 Å². The van der Waals surface area contributed by atoms with E-state index in [1.807, 2.05) is 39.5 Å². The van der Waals surface area contributed by atoms with Crippen molar-refractivity contribution in [1.29, 1.82) is 0 Å². The first kappa shape index (κ1) is 14.0. The number of rotatable bonds is 3. The van der Waals surface area contributed by atoms with Gasteiger partial charge in [0.25, 0.3) is 0 Å². The van der Waals surface area contributed by atoms with Crippen molar-refractivity contribution >= 4 is 11.9 Å². The lowest BCUT2D eigenvalue weighted by Crippen LogP contribution is -2.69. The van der Waals surface area contributed by atoms with Crippen LogP contribution in [0.3, 0.4) is 0 Å². The van der Waals surface area contributed by atoms with Crippen LogP contribution in [0.1, 0.15) is 41.0 Å². The normalized spacial score (nSPS) is 27.6. The Hall–Kier alpha value is -1.10. The fourth-order valence-electron chi connectivity index (χ4n) is 2.28. The molecule has 1 aliphatic rings. The summed E-state index contributed by atoms with van der Waals surface area (Å²) >= 11 is 0. The van der Waals surface area contributed by atoms with Gasteiger partial charge in [-0.25, -0.2) is 0 Å². The molecule has 1 saturated heterocycles. The zero-order valence-electron chi connectivity index (χ0n) is 11.1. The Morgan fingerprint density at radius 3 is 2.35 bits per heavy atom. The minimum Gasteiger partial charge on any atom is -0.481 e. The fourth-order valence-corrected chi connectivity index (χ4v) is 2.28. The summed E-state index contributed by atoms with van der Waals surface area (Å²) in [6.45, 7) is 10.2. The molecule has 17 heavy (non-hydrogen) atoms. The molecular formula is C12H21NO4. The summed E-state index contributed by atoms with van der Waals surface area (Å²) in [7, 11) is 0. The maximum Gasteiger partial charge on any atom is 0.324 e. The van der Waals surface area contributed by atoms with Crippen molar-refractivity contribution in [2.75, 3.05) is 6.54 Å². The predicted octanol–water partition coefficient (Wildman–Crippen LogP) is 1.27. The number of ether oxygens (including phenoxy) is 1. The Balaban J connectivity index is 3.09. The van der Waals surface area contributed by atoms with E-state index < -0.39 is 29.1 Å². The Labute approximate surface area is 102 Å². The standard InChI is InChI=1S/C12H21NO4/c1-6-13-8(7-9(14)15)10(16)17-12(4,5)11(13,2)3/h8H,6-7H2,1-5H3,(H,14,15). The average molecular weight is 243 g/mol. The highest BCUT2D eigenvalue weighted by molar-refractivity contribution is 5.83. The maximum absolute atomic E-state index is 11.9. The summed E-state index contributed by atoms with van der Waals surface area (Å²) in [5.41, 5.74) is -1.02. The van der Waals surface area contributed by atoms with E-state index in [2.05, 4.69) is 0 Å². The molecule has 1 unspecified atom stereocenters. The van der Waals surface area contributed by atoms with Crippen molar-refractivity contribution in [3.05, 3.63) is 0 Å². The van der Waals surface area contributed by atoms with Gasteiger partial charge in [-0.05, 0) is 34.2 Å². The molecule has 5 heteroatoms. The van der Waals surface area contributed by atoms with E-state index in [9.17, 15) is 9.59 Å². The van der Waals surface area contributed by atoms with Crippen LogP contribution in [0.25, 0.3) is 0 Å². The van der Waals surface area contributed by atoms with Crippen molar-refractivity contribution in [2.45, 2.75) is 58.2 Å². The number of esters is 1. The van der Waals surface area contributed by atoms with Crippen LogP contribution in [0.2, 0.25) is 0 Å². The van der Waals surface area contributed by atoms with E-state index in [1.54, 1.807) is 0 Å². The molecule has 1 heterocycles. The van der Waals surface area contributed by atoms with E-state index in [1.165, 1.54) is 0 Å². The summed E-state index contributed by atoms with van der Waals surface area (Å²) < 4.78 is 5.39. The molecule has 0 radical (unpaired) electrons. The third-order valence-corrected chi connectivity index (χ3v) is 3.90. The third kappa shape index (κ3) is 2.29. The van der Waals surface area contributed by atoms with Crippen molar-refractivity contribution < 1.29 is 19.4 Å². The molecule has 1 rings (SSSR count). The molecule has 5 nitrogen and oxygen atoms in total. The molecule has 1 fully saturated rings. The maximum atomic E-state index is 11.9. The van der Waals surface area contributed by atoms with Crippen LogP contribution in [0.5, 0.6) is 0 Å². The minimum atomic E-state index is -0.985. The number of carboxylic acid groups (broad SMARTS) is 1. The van der Waals surface area contributed by atoms with Gasteiger partial charge < -0.3 is 9.84 Å². The summed E-state index contributed by atoms with van der Waals surface area (Å²) in [4.78, 5) is 24.6. The number of carbonyl (C=O) groups excluding carboxylic acids is 1. The number of carbonyl (C=O) groups is 2. The summed E-state index contributed by atoms with van der Waals surface area (Å²) in [5, 5.41) is 8.86. The molecule has 0 bridgehead atoms. The van der Waals surface area contributed by atoms with Gasteiger partial charge in [0.05, 0.1) is 12.0 Å². The van der Waals surface area contributed by atoms with Gasteiger partial charge in [-0.15, -0.1) is 0 Å². The highest BCUT2D eigenvalue weighted by Gasteiger charge is 2.53. The lowest BCUT2D eigenvalue weighted by molar-refractivity contribution is -0.206. The lowest BCUT2D eigenvalue weighted by atomic mass is 9.80. The first-order valence-corrected chi connectivity index (χ1v) is 5.85. The van der Waals surface area contributed by atoms with Gasteiger partial charge >= 0.3 is 11.9 Å². The third-order valence-electron chi connectivity index (χ3n) is 3.90. The highest BCUT2D eigenvalue weighted by atomic mass is 16.6. The molecule has 0 aliphatic carbocycles. The van der Waals surface area contributed by atoms with Gasteiger partial charge in [-0.2, -0.15) is 0 Å². The van der Waals surface area contributed by atoms with Crippen molar-refractivity contribution in [1.82, 2.24) is 4.90 Å². The van der Waals surface area contributed by atoms with Gasteiger partial charge in [-0.1, -0.05) is 6.92 Å². The molecular weight excluding hydrogens is 222 g/mol. The van der Waals surface area contributed by atoms with Gasteiger partial charge in [0.1, 0.15) is 11.6 Å². The monoisotopic (exact) mass is 243 g/mol. The van der Waals surface area contributed by atoms with Crippen LogP contribution in [-0.4, -0.2) is 45.7 Å². The molecule has 0 aromatic rings. The highest BCUT2D eigenvalue weighted by Crippen LogP contribution is 2.38. The van der Waals surface area contributed by atoms with Gasteiger partial charge in [0, 0.05) is 0 Å². The van der Waals surface area contributed by atoms with Crippen LogP contribution in [0.4, 0.5) is 0 Å². The van der Waals surface area contributed by atoms with E-state index in [0.29, 0.717) is 6.54 Å². The lowest BCUT2D eigenvalue weighted by Gasteiger charge is -2.54. The second-order valence-electron chi connectivity index (χ2n) is 5.39. The number of hydrogen-bond donors (Lipinski definition) is 1. The first-order chi connectivity index (χ1) is 7.63. The summed E-state index contributed by atoms with van der Waals surface area (Å²) in [6, 6.07) is -0.694. The van der Waals surface area contributed by atoms with E-state index in [4.69, 9.17) is 9.84 Å². The van der Waals surface area contributed by atoms with Gasteiger partial charge in [-0.3, -0.25) is 14.5 Å². The molecule has 0 saturated carbocycles. The van der Waals surface area contributed by atoms with Gasteiger partial charge in [0.15, 0.2) is 0 Å². The molecule has 0 spiro atoms. The molecule has 0 aromatic heterocycles. The second kappa shape index (κ2) is 4.29. The molecule has 0 amide bonds. The van der Waals surface area contributed by atoms with Crippen LogP contribution in [-0.2, 0) is 14.3 Å². The van der Waals surface area contributed by atoms with Crippen LogP contribution in [0.15, 0.2) is 0 Å². The molecule has 0 aromatic carbocycles. The number of carboxylic acids is 1. The van der Waals surface area contributed by atoms with Crippen molar-refractivity contribution in [3.63, 3.8) is 0 Å². The van der Waals surface area contributed by atoms with Gasteiger partial charge in [0.2, 0.25) is 0 Å². The fraction of sp³-hybridized carbons (Fsp3) is 0.833. The Kier molecular flexibility index (Phi) is 3.52. The largest absolute Gasteiger partial charge is 0.481 e. The molecule has 1 atom stereocenters. The Morgan fingerprint density at radius 1 is 1.41 bits per heavy atom. The van der Waals surface area contributed by atoms with E-state index >= 15 is 0 Å². The van der Waals surface area contributed by atoms with Crippen LogP contribution >= 0.6 is 0 Å². The number of nitrogens with zero attached hydrogens (tertiary/aromatic N) is 1. The van der Waals surface area contributed by atoms with Crippen LogP contribution < -0.4 is 0 Å². The number of cyclic esters (lactones) is 1. The summed E-state index contributed by atoms with van der Waals surface area (Å²) in [6.07, 6.45) is -0.216. The van der Waals surface area contributed by atoms with Crippen molar-refractivity contribution in [3.8, 4) is 0 Å². The number of aliphatic carboxylic acids is 1. The topological polar surface area (TPSA) is 66.8 Å². The second-order valence-corrected chi connectivity index (χ2v) is 5.39.